The number of ether oxygens (including phenoxy) is 2. The number of hydrogen-bond donors (Lipinski definition) is 0. The molecule has 0 amide bonds. The van der Waals surface area contributed by atoms with Crippen molar-refractivity contribution in [1.29, 1.82) is 0 Å². The molecule has 1 radical (unpaired) electrons. The van der Waals surface area contributed by atoms with Crippen LogP contribution in [0, 0.1) is 6.92 Å². The molecule has 2 nitrogen and oxygen atoms in total. The second-order valence-electron chi connectivity index (χ2n) is 3.74. The predicted molar refractivity (Wildman–Crippen MR) is 69.4 cm³/mol. The van der Waals surface area contributed by atoms with Crippen LogP contribution in [0.15, 0.2) is 42.5 Å². The molecule has 0 bridgehead atoms. The number of methoxy groups -OCH3 is 2. The first-order valence-electron chi connectivity index (χ1n) is 5.39. The molecule has 0 unspecified atom stereocenters. The van der Waals surface area contributed by atoms with E-state index in [1.165, 1.54) is 0 Å². The van der Waals surface area contributed by atoms with Crippen LogP contribution in [0.5, 0.6) is 11.5 Å². The largest absolute Gasteiger partial charge is 0.493 e. The van der Waals surface area contributed by atoms with E-state index in [1.807, 2.05) is 42.5 Å². The minimum atomic E-state index is 0.736. The zero-order valence-electron chi connectivity index (χ0n) is 10.1. The molecule has 17 heavy (non-hydrogen) atoms. The summed E-state index contributed by atoms with van der Waals surface area (Å²) < 4.78 is 10.7. The molecule has 0 N–H and O–H groups in total. The van der Waals surface area contributed by atoms with E-state index < -0.39 is 0 Å². The highest BCUT2D eigenvalue weighted by molar-refractivity contribution is 5.74. The summed E-state index contributed by atoms with van der Waals surface area (Å²) in [5, 5.41) is 0. The van der Waals surface area contributed by atoms with Crippen molar-refractivity contribution in [2.24, 2.45) is 0 Å². The van der Waals surface area contributed by atoms with Gasteiger partial charge in [-0.25, -0.2) is 0 Å². The second kappa shape index (κ2) is 4.91. The Labute approximate surface area is 102 Å². The lowest BCUT2D eigenvalue weighted by Gasteiger charge is -2.12. The summed E-state index contributed by atoms with van der Waals surface area (Å²) >= 11 is 0. The molecule has 0 saturated carbocycles. The van der Waals surface area contributed by atoms with Crippen LogP contribution in [0.1, 0.15) is 5.56 Å². The number of benzene rings is 2. The van der Waals surface area contributed by atoms with Gasteiger partial charge in [0.2, 0.25) is 0 Å². The third kappa shape index (κ3) is 2.26. The highest BCUT2D eigenvalue weighted by Gasteiger charge is 2.10. The van der Waals surface area contributed by atoms with Gasteiger partial charge in [-0.2, -0.15) is 0 Å². The summed E-state index contributed by atoms with van der Waals surface area (Å²) in [4.78, 5) is 0. The van der Waals surface area contributed by atoms with Gasteiger partial charge in [0.05, 0.1) is 14.2 Å². The van der Waals surface area contributed by atoms with E-state index in [2.05, 4.69) is 6.92 Å². The van der Waals surface area contributed by atoms with Gasteiger partial charge in [0.1, 0.15) is 0 Å². The smallest absolute Gasteiger partial charge is 0.168 e. The molecule has 0 aliphatic carbocycles. The van der Waals surface area contributed by atoms with Gasteiger partial charge in [-0.15, -0.1) is 0 Å². The Morgan fingerprint density at radius 2 is 1.71 bits per heavy atom. The summed E-state index contributed by atoms with van der Waals surface area (Å²) in [7, 11) is 3.29. The van der Waals surface area contributed by atoms with Gasteiger partial charge in [-0.3, -0.25) is 0 Å². The molecular formula is C15H15O2. The average molecular weight is 227 g/mol. The fourth-order valence-electron chi connectivity index (χ4n) is 1.85. The summed E-state index contributed by atoms with van der Waals surface area (Å²) in [6.45, 7) is 3.93. The van der Waals surface area contributed by atoms with E-state index >= 15 is 0 Å². The van der Waals surface area contributed by atoms with Gasteiger partial charge in [0, 0.05) is 5.56 Å². The van der Waals surface area contributed by atoms with Crippen LogP contribution in [0.25, 0.3) is 11.1 Å². The third-order valence-electron chi connectivity index (χ3n) is 2.64. The first-order valence-corrected chi connectivity index (χ1v) is 5.39. The number of hydrogen-bond acceptors (Lipinski definition) is 2. The van der Waals surface area contributed by atoms with Crippen LogP contribution >= 0.6 is 0 Å². The van der Waals surface area contributed by atoms with E-state index in [-0.39, 0.29) is 0 Å². The molecule has 0 spiro atoms. The highest BCUT2D eigenvalue weighted by Crippen LogP contribution is 2.37. The van der Waals surface area contributed by atoms with E-state index in [0.717, 1.165) is 28.2 Å². The molecule has 0 aliphatic rings. The van der Waals surface area contributed by atoms with Crippen molar-refractivity contribution in [2.75, 3.05) is 14.2 Å². The Morgan fingerprint density at radius 1 is 0.941 bits per heavy atom. The normalized spacial score (nSPS) is 10.1. The predicted octanol–water partition coefficient (Wildman–Crippen LogP) is 3.55. The molecule has 2 rings (SSSR count). The molecule has 87 valence electrons. The summed E-state index contributed by atoms with van der Waals surface area (Å²) in [5.74, 6) is 1.49. The van der Waals surface area contributed by atoms with Crippen LogP contribution in [-0.2, 0) is 0 Å². The third-order valence-corrected chi connectivity index (χ3v) is 2.64. The van der Waals surface area contributed by atoms with Gasteiger partial charge in [-0.05, 0) is 24.1 Å². The van der Waals surface area contributed by atoms with Gasteiger partial charge in [-0.1, -0.05) is 36.4 Å². The minimum absolute atomic E-state index is 0.736. The SMILES string of the molecule is [CH2]c1cccc(-c2cccc(OC)c2OC)c1. The average Bonchev–Trinajstić information content (AvgIpc) is 2.37. The molecule has 0 fully saturated rings. The first-order chi connectivity index (χ1) is 8.26. The van der Waals surface area contributed by atoms with Crippen molar-refractivity contribution in [3.63, 3.8) is 0 Å². The molecule has 0 aliphatic heterocycles. The highest BCUT2D eigenvalue weighted by atomic mass is 16.5. The molecule has 0 heterocycles. The lowest BCUT2D eigenvalue weighted by molar-refractivity contribution is 0.356. The topological polar surface area (TPSA) is 18.5 Å². The van der Waals surface area contributed by atoms with Crippen molar-refractivity contribution in [3.05, 3.63) is 55.0 Å². The van der Waals surface area contributed by atoms with Crippen molar-refractivity contribution in [1.82, 2.24) is 0 Å². The lowest BCUT2D eigenvalue weighted by atomic mass is 10.0. The Hall–Kier alpha value is -1.96. The van der Waals surface area contributed by atoms with Crippen LogP contribution in [0.3, 0.4) is 0 Å². The van der Waals surface area contributed by atoms with Crippen molar-refractivity contribution < 1.29 is 9.47 Å². The summed E-state index contributed by atoms with van der Waals surface area (Å²) in [5.41, 5.74) is 3.07. The maximum atomic E-state index is 5.42. The van der Waals surface area contributed by atoms with Gasteiger partial charge < -0.3 is 9.47 Å². The van der Waals surface area contributed by atoms with Crippen LogP contribution < -0.4 is 9.47 Å². The monoisotopic (exact) mass is 227 g/mol. The van der Waals surface area contributed by atoms with Crippen LogP contribution in [0.2, 0.25) is 0 Å². The molecule has 0 atom stereocenters. The summed E-state index contributed by atoms with van der Waals surface area (Å²) in [6, 6.07) is 13.9. The van der Waals surface area contributed by atoms with E-state index in [4.69, 9.17) is 9.47 Å². The molecule has 0 aromatic heterocycles. The second-order valence-corrected chi connectivity index (χ2v) is 3.74. The Balaban J connectivity index is 2.59. The Bertz CT molecular complexity index is 518. The van der Waals surface area contributed by atoms with E-state index in [0.29, 0.717) is 0 Å². The van der Waals surface area contributed by atoms with Crippen molar-refractivity contribution in [3.8, 4) is 22.6 Å². The molecule has 2 heteroatoms. The minimum Gasteiger partial charge on any atom is -0.493 e. The maximum Gasteiger partial charge on any atom is 0.168 e. The molecule has 0 saturated heterocycles. The zero-order chi connectivity index (χ0) is 12.3. The maximum absolute atomic E-state index is 5.42. The first kappa shape index (κ1) is 11.5. The quantitative estimate of drug-likeness (QED) is 0.798. The standard InChI is InChI=1S/C15H15O2/c1-11-6-4-7-12(10-11)13-8-5-9-14(16-2)15(13)17-3/h4-10H,1H2,2-3H3. The van der Waals surface area contributed by atoms with Crippen LogP contribution in [-0.4, -0.2) is 14.2 Å². The Morgan fingerprint density at radius 3 is 2.35 bits per heavy atom. The van der Waals surface area contributed by atoms with E-state index in [1.54, 1.807) is 14.2 Å². The van der Waals surface area contributed by atoms with Crippen molar-refractivity contribution in [2.45, 2.75) is 0 Å². The fourth-order valence-corrected chi connectivity index (χ4v) is 1.85. The zero-order valence-corrected chi connectivity index (χ0v) is 10.1. The van der Waals surface area contributed by atoms with Crippen molar-refractivity contribution >= 4 is 0 Å². The van der Waals surface area contributed by atoms with Crippen LogP contribution in [0.4, 0.5) is 0 Å². The Kier molecular flexibility index (Phi) is 3.33. The number of para-hydroxylation sites is 1. The number of rotatable bonds is 3. The summed E-state index contributed by atoms with van der Waals surface area (Å²) in [6.07, 6.45) is 0. The molecule has 2 aromatic carbocycles. The van der Waals surface area contributed by atoms with Gasteiger partial charge in [0.15, 0.2) is 11.5 Å². The lowest BCUT2D eigenvalue weighted by Crippen LogP contribution is -1.93. The van der Waals surface area contributed by atoms with E-state index in [9.17, 15) is 0 Å². The fraction of sp³-hybridized carbons (Fsp3) is 0.133. The van der Waals surface area contributed by atoms with Gasteiger partial charge in [0.25, 0.3) is 0 Å². The molecular weight excluding hydrogens is 212 g/mol. The van der Waals surface area contributed by atoms with Gasteiger partial charge >= 0.3 is 0 Å². The molecule has 2 aromatic rings.